The first-order valence-electron chi connectivity index (χ1n) is 13.7. The van der Waals surface area contributed by atoms with Gasteiger partial charge >= 0.3 is 17.9 Å². The van der Waals surface area contributed by atoms with Gasteiger partial charge in [0.1, 0.15) is 42.5 Å². The van der Waals surface area contributed by atoms with E-state index < -0.39 is 53.8 Å². The molecule has 4 aromatic rings. The van der Waals surface area contributed by atoms with Crippen LogP contribution < -0.4 is 0 Å². The van der Waals surface area contributed by atoms with Gasteiger partial charge in [-0.25, -0.2) is 24.5 Å². The summed E-state index contributed by atoms with van der Waals surface area (Å²) in [5, 5.41) is 0. The van der Waals surface area contributed by atoms with Crippen LogP contribution in [0.15, 0.2) is 67.3 Å². The summed E-state index contributed by atoms with van der Waals surface area (Å²) >= 11 is 0. The molecule has 11 nitrogen and oxygen atoms in total. The molecule has 2 saturated heterocycles. The Morgan fingerprint density at radius 2 is 1.70 bits per heavy atom. The molecule has 4 heterocycles. The summed E-state index contributed by atoms with van der Waals surface area (Å²) in [5.74, 6) is -6.81. The number of fused-ring (bicyclic) bond motifs is 2. The molecular weight excluding hydrogens is 566 g/mol. The van der Waals surface area contributed by atoms with Gasteiger partial charge in [0, 0.05) is 11.1 Å². The van der Waals surface area contributed by atoms with Crippen molar-refractivity contribution in [2.24, 2.45) is 0 Å². The van der Waals surface area contributed by atoms with Gasteiger partial charge in [-0.3, -0.25) is 4.57 Å². The zero-order chi connectivity index (χ0) is 30.4. The third kappa shape index (κ3) is 5.35. The van der Waals surface area contributed by atoms with E-state index in [4.69, 9.17) is 18.9 Å². The second-order valence-electron chi connectivity index (χ2n) is 10.5. The molecule has 13 heteroatoms. The zero-order valence-corrected chi connectivity index (χ0v) is 23.5. The first-order valence-corrected chi connectivity index (χ1v) is 13.7. The van der Waals surface area contributed by atoms with Crippen molar-refractivity contribution >= 4 is 23.1 Å². The Kier molecular flexibility index (Phi) is 7.40. The molecule has 6 rings (SSSR count). The number of carbonyl (C=O) groups excluding carboxylic acids is 2. The number of imidazole rings is 1. The summed E-state index contributed by atoms with van der Waals surface area (Å²) in [5.41, 5.74) is 1.59. The Morgan fingerprint density at radius 3 is 2.42 bits per heavy atom. The summed E-state index contributed by atoms with van der Waals surface area (Å²) < 4.78 is 59.4. The number of ether oxygens (including phenoxy) is 5. The van der Waals surface area contributed by atoms with Gasteiger partial charge in [0.2, 0.25) is 0 Å². The molecule has 2 aliphatic heterocycles. The van der Waals surface area contributed by atoms with Crippen LogP contribution in [0, 0.1) is 0 Å². The molecule has 0 amide bonds. The Morgan fingerprint density at radius 1 is 0.977 bits per heavy atom. The van der Waals surface area contributed by atoms with Crippen LogP contribution in [-0.2, 0) is 34.4 Å². The molecule has 0 saturated carbocycles. The summed E-state index contributed by atoms with van der Waals surface area (Å²) in [7, 11) is 0. The molecule has 0 N–H and O–H groups in total. The van der Waals surface area contributed by atoms with E-state index >= 15 is 0 Å². The van der Waals surface area contributed by atoms with Crippen LogP contribution in [0.4, 0.5) is 8.78 Å². The van der Waals surface area contributed by atoms with E-state index in [1.54, 1.807) is 42.7 Å². The largest absolute Gasteiger partial charge is 0.461 e. The lowest BCUT2D eigenvalue weighted by Crippen LogP contribution is -2.33. The third-order valence-electron chi connectivity index (χ3n) is 7.20. The van der Waals surface area contributed by atoms with Gasteiger partial charge < -0.3 is 23.7 Å². The molecule has 2 aliphatic rings. The van der Waals surface area contributed by atoms with Crippen molar-refractivity contribution in [3.63, 3.8) is 0 Å². The summed E-state index contributed by atoms with van der Waals surface area (Å²) in [6.07, 6.45) is 0.369. The number of carbonyl (C=O) groups is 2. The van der Waals surface area contributed by atoms with Crippen molar-refractivity contribution in [1.82, 2.24) is 19.5 Å². The van der Waals surface area contributed by atoms with Crippen molar-refractivity contribution in [2.75, 3.05) is 13.2 Å². The number of hydrogen-bond donors (Lipinski definition) is 0. The van der Waals surface area contributed by atoms with E-state index in [2.05, 4.69) is 19.7 Å². The second kappa shape index (κ2) is 11.1. The van der Waals surface area contributed by atoms with E-state index in [9.17, 15) is 18.4 Å². The molecular formula is C30H28F2N4O7. The molecule has 0 bridgehead atoms. The highest BCUT2D eigenvalue weighted by atomic mass is 19.3. The van der Waals surface area contributed by atoms with Crippen LogP contribution in [0.5, 0.6) is 0 Å². The van der Waals surface area contributed by atoms with Crippen molar-refractivity contribution in [1.29, 1.82) is 0 Å². The Hall–Kier alpha value is -4.33. The number of alkyl halides is 2. The highest BCUT2D eigenvalue weighted by Gasteiger charge is 2.56. The first kappa shape index (κ1) is 28.8. The number of nitrogens with zero attached hydrogens (tertiary/aromatic N) is 4. The van der Waals surface area contributed by atoms with Gasteiger partial charge in [0.15, 0.2) is 17.7 Å². The standard InChI is InChI=1S/C30H28F2N4O7/c1-4-39-28(38)30(31,32)19-12-10-17(11-13-19)21-22-25(34-15-33-21)36(16-35-22)26-24-23(42-29(2,3)43-24)20(41-26)14-40-27(37)18-8-6-5-7-9-18/h5-13,15-16,20,23-24,26H,4,14H2,1-3H3/t20-,23-,24-,26-/m1/s1. The molecule has 0 aliphatic carbocycles. The van der Waals surface area contributed by atoms with Gasteiger partial charge in [-0.15, -0.1) is 0 Å². The topological polar surface area (TPSA) is 124 Å². The van der Waals surface area contributed by atoms with Crippen LogP contribution in [0.1, 0.15) is 42.9 Å². The predicted octanol–water partition coefficient (Wildman–Crippen LogP) is 4.42. The lowest BCUT2D eigenvalue weighted by Gasteiger charge is -2.24. The molecule has 2 aromatic heterocycles. The van der Waals surface area contributed by atoms with Crippen molar-refractivity contribution in [3.05, 3.63) is 78.4 Å². The minimum atomic E-state index is -3.80. The molecule has 0 unspecified atom stereocenters. The summed E-state index contributed by atoms with van der Waals surface area (Å²) in [6, 6.07) is 13.8. The van der Waals surface area contributed by atoms with Crippen LogP contribution in [0.3, 0.4) is 0 Å². The van der Waals surface area contributed by atoms with E-state index in [1.165, 1.54) is 31.7 Å². The van der Waals surface area contributed by atoms with Crippen LogP contribution in [0.2, 0.25) is 0 Å². The number of esters is 2. The quantitative estimate of drug-likeness (QED) is 0.271. The maximum Gasteiger partial charge on any atom is 0.381 e. The Bertz CT molecular complexity index is 1650. The fourth-order valence-corrected chi connectivity index (χ4v) is 5.26. The number of aromatic nitrogens is 4. The molecule has 4 atom stereocenters. The molecule has 224 valence electrons. The van der Waals surface area contributed by atoms with Crippen LogP contribution >= 0.6 is 0 Å². The number of halogens is 2. The van der Waals surface area contributed by atoms with E-state index in [-0.39, 0.29) is 13.2 Å². The lowest BCUT2D eigenvalue weighted by molar-refractivity contribution is -0.199. The molecule has 0 spiro atoms. The van der Waals surface area contributed by atoms with Gasteiger partial charge in [-0.1, -0.05) is 42.5 Å². The Balaban J connectivity index is 1.26. The summed E-state index contributed by atoms with van der Waals surface area (Å²) in [6.45, 7) is 4.81. The fraction of sp³-hybridized carbons (Fsp3) is 0.367. The van der Waals surface area contributed by atoms with Crippen LogP contribution in [0.25, 0.3) is 22.4 Å². The minimum Gasteiger partial charge on any atom is -0.461 e. The SMILES string of the molecule is CCOC(=O)C(F)(F)c1ccc(-c2ncnc3c2ncn3[C@@H]2O[C@H](COC(=O)c3ccccc3)[C@H]3OC(C)(C)O[C@H]32)cc1. The van der Waals surface area contributed by atoms with Gasteiger partial charge in [-0.2, -0.15) is 8.78 Å². The Labute approximate surface area is 244 Å². The third-order valence-corrected chi connectivity index (χ3v) is 7.20. The number of benzene rings is 2. The minimum absolute atomic E-state index is 0.0690. The highest BCUT2D eigenvalue weighted by Crippen LogP contribution is 2.44. The zero-order valence-electron chi connectivity index (χ0n) is 23.5. The van der Waals surface area contributed by atoms with E-state index in [1.807, 2.05) is 6.07 Å². The van der Waals surface area contributed by atoms with Crippen molar-refractivity contribution < 1.29 is 42.1 Å². The molecule has 0 radical (unpaired) electrons. The van der Waals surface area contributed by atoms with Gasteiger partial charge in [0.25, 0.3) is 0 Å². The van der Waals surface area contributed by atoms with Gasteiger partial charge in [0.05, 0.1) is 18.5 Å². The monoisotopic (exact) mass is 594 g/mol. The lowest BCUT2D eigenvalue weighted by atomic mass is 10.0. The van der Waals surface area contributed by atoms with Gasteiger partial charge in [-0.05, 0) is 32.9 Å². The summed E-state index contributed by atoms with van der Waals surface area (Å²) in [4.78, 5) is 37.6. The number of rotatable bonds is 8. The smallest absolute Gasteiger partial charge is 0.381 e. The fourth-order valence-electron chi connectivity index (χ4n) is 5.26. The van der Waals surface area contributed by atoms with Crippen molar-refractivity contribution in [2.45, 2.75) is 57.0 Å². The number of hydrogen-bond acceptors (Lipinski definition) is 10. The molecule has 2 aromatic carbocycles. The molecule has 2 fully saturated rings. The predicted molar refractivity (Wildman–Crippen MR) is 146 cm³/mol. The second-order valence-corrected chi connectivity index (χ2v) is 10.5. The molecule has 43 heavy (non-hydrogen) atoms. The average Bonchev–Trinajstić information content (AvgIpc) is 3.67. The van der Waals surface area contributed by atoms with Crippen molar-refractivity contribution in [3.8, 4) is 11.3 Å². The van der Waals surface area contributed by atoms with E-state index in [0.29, 0.717) is 28.0 Å². The first-order chi connectivity index (χ1) is 20.6. The maximum atomic E-state index is 14.5. The van der Waals surface area contributed by atoms with Crippen LogP contribution in [-0.4, -0.2) is 68.8 Å². The normalized spacial score (nSPS) is 22.8. The maximum absolute atomic E-state index is 14.5. The average molecular weight is 595 g/mol. The van der Waals surface area contributed by atoms with E-state index in [0.717, 1.165) is 12.1 Å². The highest BCUT2D eigenvalue weighted by molar-refractivity contribution is 5.89.